The average molecular weight is 239 g/mol. The smallest absolute Gasteiger partial charge is 0.343 e. The molecule has 2 N–H and O–H groups in total. The molecular weight excluding hydrogens is 222 g/mol. The molecule has 0 saturated heterocycles. The number of carbonyl (C=O) groups is 1. The number of nitrogens with zero attached hydrogens (tertiary/aromatic N) is 2. The van der Waals surface area contributed by atoms with Gasteiger partial charge in [-0.2, -0.15) is 0 Å². The lowest BCUT2D eigenvalue weighted by Gasteiger charge is -2.21. The van der Waals surface area contributed by atoms with Gasteiger partial charge >= 0.3 is 5.97 Å². The van der Waals surface area contributed by atoms with Gasteiger partial charge in [-0.25, -0.2) is 14.8 Å². The summed E-state index contributed by atoms with van der Waals surface area (Å²) in [5.41, 5.74) is 5.21. The number of anilines is 1. The molecule has 0 unspecified atom stereocenters. The molecule has 0 amide bonds. The predicted molar refractivity (Wildman–Crippen MR) is 62.4 cm³/mol. The van der Waals surface area contributed by atoms with E-state index in [1.54, 1.807) is 14.0 Å². The first-order valence-electron chi connectivity index (χ1n) is 5.27. The van der Waals surface area contributed by atoms with Gasteiger partial charge in [0.05, 0.1) is 6.61 Å². The Morgan fingerprint density at radius 1 is 1.53 bits per heavy atom. The quantitative estimate of drug-likeness (QED) is 0.792. The van der Waals surface area contributed by atoms with Gasteiger partial charge in [-0.05, 0) is 20.8 Å². The van der Waals surface area contributed by atoms with Crippen molar-refractivity contribution in [3.05, 3.63) is 17.6 Å². The van der Waals surface area contributed by atoms with E-state index in [2.05, 4.69) is 9.97 Å². The summed E-state index contributed by atoms with van der Waals surface area (Å²) in [5.74, 6) is -0.00380. The molecule has 0 bridgehead atoms. The van der Waals surface area contributed by atoms with Gasteiger partial charge in [0.15, 0.2) is 5.82 Å². The van der Waals surface area contributed by atoms with Crippen LogP contribution in [0, 0.1) is 0 Å². The van der Waals surface area contributed by atoms with Crippen molar-refractivity contribution in [2.75, 3.05) is 19.5 Å². The van der Waals surface area contributed by atoms with Crippen molar-refractivity contribution >= 4 is 11.8 Å². The fourth-order valence-corrected chi connectivity index (χ4v) is 1.14. The van der Waals surface area contributed by atoms with Gasteiger partial charge in [0.25, 0.3) is 0 Å². The SMILES string of the molecule is CCOC(=O)c1cnc(C(C)(C)OC)nc1N. The van der Waals surface area contributed by atoms with E-state index in [9.17, 15) is 4.79 Å². The number of hydrogen-bond donors (Lipinski definition) is 1. The Labute approximate surface area is 100 Å². The van der Waals surface area contributed by atoms with E-state index in [-0.39, 0.29) is 18.0 Å². The van der Waals surface area contributed by atoms with Crippen molar-refractivity contribution in [3.8, 4) is 0 Å². The van der Waals surface area contributed by atoms with Gasteiger partial charge in [0.2, 0.25) is 0 Å². The summed E-state index contributed by atoms with van der Waals surface area (Å²) in [6, 6.07) is 0. The van der Waals surface area contributed by atoms with Crippen molar-refractivity contribution in [2.45, 2.75) is 26.4 Å². The lowest BCUT2D eigenvalue weighted by Crippen LogP contribution is -2.24. The number of nitrogen functional groups attached to an aromatic ring is 1. The van der Waals surface area contributed by atoms with Crippen LogP contribution in [0.3, 0.4) is 0 Å². The minimum atomic E-state index is -0.651. The summed E-state index contributed by atoms with van der Waals surface area (Å²) in [5, 5.41) is 0. The number of hydrogen-bond acceptors (Lipinski definition) is 6. The molecule has 1 aromatic heterocycles. The Hall–Kier alpha value is -1.69. The van der Waals surface area contributed by atoms with Crippen LogP contribution in [0.1, 0.15) is 37.0 Å². The Kier molecular flexibility index (Phi) is 4.01. The Balaban J connectivity index is 3.06. The number of ether oxygens (including phenoxy) is 2. The van der Waals surface area contributed by atoms with E-state index in [1.807, 2.05) is 13.8 Å². The molecule has 0 aliphatic carbocycles. The molecule has 1 rings (SSSR count). The van der Waals surface area contributed by atoms with Gasteiger partial charge in [-0.15, -0.1) is 0 Å². The Morgan fingerprint density at radius 2 is 2.18 bits per heavy atom. The van der Waals surface area contributed by atoms with Gasteiger partial charge in [-0.3, -0.25) is 0 Å². The highest BCUT2D eigenvalue weighted by Gasteiger charge is 2.25. The van der Waals surface area contributed by atoms with Crippen LogP contribution < -0.4 is 5.73 Å². The standard InChI is InChI=1S/C11H17N3O3/c1-5-17-9(15)7-6-13-10(14-8(7)12)11(2,3)16-4/h6H,5H2,1-4H3,(H2,12,13,14). The summed E-state index contributed by atoms with van der Waals surface area (Å²) >= 11 is 0. The van der Waals surface area contributed by atoms with Crippen LogP contribution in [0.5, 0.6) is 0 Å². The van der Waals surface area contributed by atoms with Crippen molar-refractivity contribution < 1.29 is 14.3 Å². The lowest BCUT2D eigenvalue weighted by atomic mass is 10.1. The molecule has 0 fully saturated rings. The van der Waals surface area contributed by atoms with Gasteiger partial charge in [-0.1, -0.05) is 0 Å². The third kappa shape index (κ3) is 2.91. The van der Waals surface area contributed by atoms with Crippen LogP contribution in [-0.2, 0) is 15.1 Å². The highest BCUT2D eigenvalue weighted by Crippen LogP contribution is 2.21. The molecule has 17 heavy (non-hydrogen) atoms. The first-order chi connectivity index (χ1) is 7.92. The van der Waals surface area contributed by atoms with Crippen LogP contribution in [0.25, 0.3) is 0 Å². The van der Waals surface area contributed by atoms with E-state index in [4.69, 9.17) is 15.2 Å². The zero-order valence-electron chi connectivity index (χ0n) is 10.5. The normalized spacial score (nSPS) is 11.3. The van der Waals surface area contributed by atoms with E-state index < -0.39 is 11.6 Å². The number of rotatable bonds is 4. The van der Waals surface area contributed by atoms with Gasteiger partial charge in [0.1, 0.15) is 17.0 Å². The van der Waals surface area contributed by atoms with E-state index in [1.165, 1.54) is 6.20 Å². The van der Waals surface area contributed by atoms with Crippen molar-refractivity contribution in [3.63, 3.8) is 0 Å². The van der Waals surface area contributed by atoms with Crippen molar-refractivity contribution in [1.82, 2.24) is 9.97 Å². The third-order valence-corrected chi connectivity index (χ3v) is 2.36. The summed E-state index contributed by atoms with van der Waals surface area (Å²) in [4.78, 5) is 19.6. The molecule has 0 aliphatic rings. The maximum atomic E-state index is 11.5. The zero-order valence-corrected chi connectivity index (χ0v) is 10.5. The largest absolute Gasteiger partial charge is 0.462 e. The molecule has 6 nitrogen and oxygen atoms in total. The predicted octanol–water partition coefficient (Wildman–Crippen LogP) is 1.12. The molecular formula is C11H17N3O3. The molecule has 0 aliphatic heterocycles. The van der Waals surface area contributed by atoms with Crippen LogP contribution in [0.4, 0.5) is 5.82 Å². The maximum absolute atomic E-state index is 11.5. The van der Waals surface area contributed by atoms with Crippen LogP contribution in [0.15, 0.2) is 6.20 Å². The summed E-state index contributed by atoms with van der Waals surface area (Å²) in [6.45, 7) is 5.62. The lowest BCUT2D eigenvalue weighted by molar-refractivity contribution is 0.0114. The Morgan fingerprint density at radius 3 is 2.65 bits per heavy atom. The molecule has 1 aromatic rings. The summed E-state index contributed by atoms with van der Waals surface area (Å²) < 4.78 is 10.1. The van der Waals surface area contributed by atoms with Crippen LogP contribution in [0.2, 0.25) is 0 Å². The highest BCUT2D eigenvalue weighted by atomic mass is 16.5. The Bertz CT molecular complexity index is 418. The summed E-state index contributed by atoms with van der Waals surface area (Å²) in [7, 11) is 1.55. The molecule has 6 heteroatoms. The molecule has 0 spiro atoms. The van der Waals surface area contributed by atoms with Crippen LogP contribution in [-0.4, -0.2) is 29.7 Å². The topological polar surface area (TPSA) is 87.3 Å². The first-order valence-corrected chi connectivity index (χ1v) is 5.27. The monoisotopic (exact) mass is 239 g/mol. The number of aromatic nitrogens is 2. The van der Waals surface area contributed by atoms with Crippen molar-refractivity contribution in [2.24, 2.45) is 0 Å². The number of methoxy groups -OCH3 is 1. The fourth-order valence-electron chi connectivity index (χ4n) is 1.14. The average Bonchev–Trinajstić information content (AvgIpc) is 2.29. The van der Waals surface area contributed by atoms with E-state index in [0.717, 1.165) is 0 Å². The number of nitrogens with two attached hydrogens (primary N) is 1. The number of esters is 1. The van der Waals surface area contributed by atoms with Crippen LogP contribution >= 0.6 is 0 Å². The molecule has 0 radical (unpaired) electrons. The molecule has 1 heterocycles. The minimum absolute atomic E-state index is 0.0959. The maximum Gasteiger partial charge on any atom is 0.343 e. The molecule has 0 aromatic carbocycles. The summed E-state index contributed by atoms with van der Waals surface area (Å²) in [6.07, 6.45) is 1.36. The number of carbonyl (C=O) groups excluding carboxylic acids is 1. The highest BCUT2D eigenvalue weighted by molar-refractivity contribution is 5.93. The zero-order chi connectivity index (χ0) is 13.1. The molecule has 94 valence electrons. The van der Waals surface area contributed by atoms with E-state index in [0.29, 0.717) is 5.82 Å². The second-order valence-electron chi connectivity index (χ2n) is 3.93. The van der Waals surface area contributed by atoms with E-state index >= 15 is 0 Å². The first kappa shape index (κ1) is 13.4. The molecule has 0 atom stereocenters. The third-order valence-electron chi connectivity index (χ3n) is 2.36. The minimum Gasteiger partial charge on any atom is -0.462 e. The second-order valence-corrected chi connectivity index (χ2v) is 3.93. The second kappa shape index (κ2) is 5.09. The fraction of sp³-hybridized carbons (Fsp3) is 0.545. The van der Waals surface area contributed by atoms with Gasteiger partial charge in [0, 0.05) is 13.3 Å². The van der Waals surface area contributed by atoms with Gasteiger partial charge < -0.3 is 15.2 Å². The van der Waals surface area contributed by atoms with Crippen molar-refractivity contribution in [1.29, 1.82) is 0 Å². The molecule has 0 saturated carbocycles.